The van der Waals surface area contributed by atoms with Crippen LogP contribution in [-0.4, -0.2) is 63.7 Å². The normalized spacial score (nSPS) is 13.9. The SMILES string of the molecule is O=C(Nc1ccsc1C(=O)N1CCN(C(=O)c2ccco2)CC1)c1cnccn1. The van der Waals surface area contributed by atoms with Crippen LogP contribution >= 0.6 is 11.3 Å². The Hall–Kier alpha value is -3.53. The molecule has 4 heterocycles. The summed E-state index contributed by atoms with van der Waals surface area (Å²) in [6, 6.07) is 4.97. The molecule has 1 N–H and O–H groups in total. The number of carbonyl (C=O) groups excluding carboxylic acids is 3. The average Bonchev–Trinajstić information content (AvgIpc) is 3.46. The van der Waals surface area contributed by atoms with Crippen molar-refractivity contribution in [2.24, 2.45) is 0 Å². The van der Waals surface area contributed by atoms with Gasteiger partial charge in [-0.1, -0.05) is 0 Å². The fourth-order valence-corrected chi connectivity index (χ4v) is 3.80. The zero-order valence-electron chi connectivity index (χ0n) is 15.3. The number of amides is 3. The molecule has 3 amide bonds. The van der Waals surface area contributed by atoms with Gasteiger partial charge in [0.2, 0.25) is 0 Å². The van der Waals surface area contributed by atoms with Gasteiger partial charge in [0.25, 0.3) is 17.7 Å². The molecule has 0 aliphatic carbocycles. The first-order valence-electron chi connectivity index (χ1n) is 8.90. The van der Waals surface area contributed by atoms with Crippen LogP contribution in [0.4, 0.5) is 5.69 Å². The lowest BCUT2D eigenvalue weighted by Gasteiger charge is -2.34. The van der Waals surface area contributed by atoms with Gasteiger partial charge in [0.05, 0.1) is 18.1 Å². The Morgan fingerprint density at radius 3 is 2.45 bits per heavy atom. The maximum Gasteiger partial charge on any atom is 0.289 e. The number of thiophene rings is 1. The molecule has 148 valence electrons. The summed E-state index contributed by atoms with van der Waals surface area (Å²) < 4.78 is 5.15. The number of hydrogen-bond acceptors (Lipinski definition) is 7. The van der Waals surface area contributed by atoms with Crippen molar-refractivity contribution in [1.29, 1.82) is 0 Å². The van der Waals surface area contributed by atoms with Gasteiger partial charge in [-0.2, -0.15) is 0 Å². The van der Waals surface area contributed by atoms with Crippen molar-refractivity contribution in [2.75, 3.05) is 31.5 Å². The van der Waals surface area contributed by atoms with Crippen LogP contribution < -0.4 is 5.32 Å². The highest BCUT2D eigenvalue weighted by Crippen LogP contribution is 2.25. The number of aromatic nitrogens is 2. The summed E-state index contributed by atoms with van der Waals surface area (Å²) in [5, 5.41) is 4.46. The van der Waals surface area contributed by atoms with Gasteiger partial charge in [-0.3, -0.25) is 19.4 Å². The van der Waals surface area contributed by atoms with Crippen molar-refractivity contribution >= 4 is 34.7 Å². The molecule has 0 atom stereocenters. The predicted molar refractivity (Wildman–Crippen MR) is 105 cm³/mol. The second-order valence-electron chi connectivity index (χ2n) is 6.27. The number of rotatable bonds is 4. The summed E-state index contributed by atoms with van der Waals surface area (Å²) in [6.07, 6.45) is 5.73. The molecule has 0 unspecified atom stereocenters. The quantitative estimate of drug-likeness (QED) is 0.703. The smallest absolute Gasteiger partial charge is 0.289 e. The molecule has 0 radical (unpaired) electrons. The molecule has 29 heavy (non-hydrogen) atoms. The molecule has 1 fully saturated rings. The van der Waals surface area contributed by atoms with Gasteiger partial charge in [0, 0.05) is 38.6 Å². The van der Waals surface area contributed by atoms with E-state index in [1.807, 2.05) is 0 Å². The van der Waals surface area contributed by atoms with E-state index in [0.717, 1.165) is 0 Å². The van der Waals surface area contributed by atoms with Crippen molar-refractivity contribution in [2.45, 2.75) is 0 Å². The van der Waals surface area contributed by atoms with E-state index in [1.54, 1.807) is 33.4 Å². The number of piperazine rings is 1. The van der Waals surface area contributed by atoms with Crippen molar-refractivity contribution in [3.63, 3.8) is 0 Å². The molecule has 0 saturated carbocycles. The third kappa shape index (κ3) is 4.02. The zero-order valence-corrected chi connectivity index (χ0v) is 16.1. The molecular formula is C19H17N5O4S. The summed E-state index contributed by atoms with van der Waals surface area (Å²) in [5.41, 5.74) is 0.604. The van der Waals surface area contributed by atoms with Crippen molar-refractivity contribution < 1.29 is 18.8 Å². The van der Waals surface area contributed by atoms with E-state index < -0.39 is 5.91 Å². The van der Waals surface area contributed by atoms with E-state index in [2.05, 4.69) is 15.3 Å². The van der Waals surface area contributed by atoms with Gasteiger partial charge in [-0.25, -0.2) is 4.98 Å². The van der Waals surface area contributed by atoms with Gasteiger partial charge < -0.3 is 19.5 Å². The highest BCUT2D eigenvalue weighted by Gasteiger charge is 2.28. The summed E-state index contributed by atoms with van der Waals surface area (Å²) in [7, 11) is 0. The summed E-state index contributed by atoms with van der Waals surface area (Å²) in [4.78, 5) is 49.2. The maximum atomic E-state index is 12.9. The van der Waals surface area contributed by atoms with Crippen molar-refractivity contribution in [1.82, 2.24) is 19.8 Å². The van der Waals surface area contributed by atoms with Gasteiger partial charge in [0.1, 0.15) is 10.6 Å². The third-order valence-corrected chi connectivity index (χ3v) is 5.39. The Balaban J connectivity index is 1.39. The first kappa shape index (κ1) is 18.8. The largest absolute Gasteiger partial charge is 0.459 e. The average molecular weight is 411 g/mol. The molecule has 3 aromatic rings. The van der Waals surface area contributed by atoms with E-state index in [-0.39, 0.29) is 23.3 Å². The minimum absolute atomic E-state index is 0.169. The highest BCUT2D eigenvalue weighted by atomic mass is 32.1. The standard InChI is InChI=1S/C19H17N5O4S/c25-17(14-12-20-4-5-21-14)22-13-3-11-29-16(13)19(27)24-8-6-23(7-9-24)18(26)15-2-1-10-28-15/h1-5,10-12H,6-9H2,(H,22,25). The van der Waals surface area contributed by atoms with Crippen LogP contribution in [0.15, 0.2) is 52.9 Å². The van der Waals surface area contributed by atoms with Crippen LogP contribution in [0, 0.1) is 0 Å². The molecule has 3 aromatic heterocycles. The molecule has 1 aliphatic heterocycles. The number of nitrogens with zero attached hydrogens (tertiary/aromatic N) is 4. The monoisotopic (exact) mass is 411 g/mol. The van der Waals surface area contributed by atoms with Crippen LogP contribution in [0.1, 0.15) is 30.7 Å². The minimum atomic E-state index is -0.431. The Kier molecular flexibility index (Phi) is 5.34. The van der Waals surface area contributed by atoms with Gasteiger partial charge in [0.15, 0.2) is 5.76 Å². The molecule has 10 heteroatoms. The molecule has 4 rings (SSSR count). The van der Waals surface area contributed by atoms with E-state index >= 15 is 0 Å². The second-order valence-corrected chi connectivity index (χ2v) is 7.19. The first-order chi connectivity index (χ1) is 14.1. The van der Waals surface area contributed by atoms with Crippen LogP contribution in [-0.2, 0) is 0 Å². The van der Waals surface area contributed by atoms with E-state index in [9.17, 15) is 14.4 Å². The predicted octanol–water partition coefficient (Wildman–Crippen LogP) is 1.98. The molecule has 1 aliphatic rings. The lowest BCUT2D eigenvalue weighted by atomic mass is 10.2. The Morgan fingerprint density at radius 1 is 1.03 bits per heavy atom. The lowest BCUT2D eigenvalue weighted by Crippen LogP contribution is -2.50. The zero-order chi connectivity index (χ0) is 20.2. The van der Waals surface area contributed by atoms with E-state index in [4.69, 9.17) is 4.42 Å². The highest BCUT2D eigenvalue weighted by molar-refractivity contribution is 7.12. The third-order valence-electron chi connectivity index (χ3n) is 4.49. The van der Waals surface area contributed by atoms with E-state index in [1.165, 1.54) is 36.2 Å². The van der Waals surface area contributed by atoms with Crippen LogP contribution in [0.3, 0.4) is 0 Å². The fraction of sp³-hybridized carbons (Fsp3) is 0.211. The van der Waals surface area contributed by atoms with Crippen LogP contribution in [0.5, 0.6) is 0 Å². The van der Waals surface area contributed by atoms with Gasteiger partial charge in [-0.05, 0) is 23.6 Å². The number of furan rings is 1. The Labute approximate surface area is 170 Å². The van der Waals surface area contributed by atoms with E-state index in [0.29, 0.717) is 36.7 Å². The fourth-order valence-electron chi connectivity index (χ4n) is 2.99. The number of anilines is 1. The maximum absolute atomic E-state index is 12.9. The molecule has 0 aromatic carbocycles. The van der Waals surface area contributed by atoms with Crippen LogP contribution in [0.2, 0.25) is 0 Å². The lowest BCUT2D eigenvalue weighted by molar-refractivity contribution is 0.0521. The molecular weight excluding hydrogens is 394 g/mol. The van der Waals surface area contributed by atoms with Gasteiger partial charge in [-0.15, -0.1) is 11.3 Å². The molecule has 9 nitrogen and oxygen atoms in total. The van der Waals surface area contributed by atoms with Crippen molar-refractivity contribution in [3.05, 3.63) is 64.8 Å². The second kappa shape index (κ2) is 8.23. The molecule has 1 saturated heterocycles. The molecule has 0 spiro atoms. The summed E-state index contributed by atoms with van der Waals surface area (Å²) in [5.74, 6) is -0.508. The topological polar surface area (TPSA) is 109 Å². The Morgan fingerprint density at radius 2 is 1.79 bits per heavy atom. The number of nitrogens with one attached hydrogen (secondary N) is 1. The summed E-state index contributed by atoms with van der Waals surface area (Å²) >= 11 is 1.26. The first-order valence-corrected chi connectivity index (χ1v) is 9.78. The Bertz CT molecular complexity index is 1010. The minimum Gasteiger partial charge on any atom is -0.459 e. The van der Waals surface area contributed by atoms with Crippen LogP contribution in [0.25, 0.3) is 0 Å². The van der Waals surface area contributed by atoms with Crippen molar-refractivity contribution in [3.8, 4) is 0 Å². The molecule has 0 bridgehead atoms. The van der Waals surface area contributed by atoms with Gasteiger partial charge >= 0.3 is 0 Å². The summed E-state index contributed by atoms with van der Waals surface area (Å²) in [6.45, 7) is 1.64. The number of hydrogen-bond donors (Lipinski definition) is 1. The number of carbonyl (C=O) groups is 3.